The van der Waals surface area contributed by atoms with Crippen LogP contribution in [0.15, 0.2) is 48.5 Å². The second-order valence-corrected chi connectivity index (χ2v) is 5.36. The lowest BCUT2D eigenvalue weighted by atomic mass is 10.1. The molecule has 1 heterocycles. The van der Waals surface area contributed by atoms with Gasteiger partial charge in [-0.15, -0.1) is 0 Å². The van der Waals surface area contributed by atoms with Gasteiger partial charge in [0.2, 0.25) is 0 Å². The zero-order valence-electron chi connectivity index (χ0n) is 11.8. The van der Waals surface area contributed by atoms with Gasteiger partial charge in [0.05, 0.1) is 0 Å². The van der Waals surface area contributed by atoms with Crippen LogP contribution in [-0.4, -0.2) is 4.57 Å². The molecule has 0 aliphatic rings. The van der Waals surface area contributed by atoms with E-state index in [0.717, 1.165) is 6.54 Å². The van der Waals surface area contributed by atoms with Crippen molar-refractivity contribution in [2.75, 3.05) is 0 Å². The Hall–Kier alpha value is -2.02. The second kappa shape index (κ2) is 4.58. The van der Waals surface area contributed by atoms with Gasteiger partial charge in [0.1, 0.15) is 0 Å². The summed E-state index contributed by atoms with van der Waals surface area (Å²) in [6, 6.07) is 17.6. The first-order chi connectivity index (χ1) is 9.15. The number of hydrogen-bond donors (Lipinski definition) is 0. The average molecular weight is 249 g/mol. The molecule has 0 fully saturated rings. The summed E-state index contributed by atoms with van der Waals surface area (Å²) in [4.78, 5) is 0. The summed E-state index contributed by atoms with van der Waals surface area (Å²) in [5.74, 6) is 0. The Kier molecular flexibility index (Phi) is 2.90. The van der Waals surface area contributed by atoms with Crippen LogP contribution < -0.4 is 0 Å². The third kappa shape index (κ3) is 2.17. The lowest BCUT2D eigenvalue weighted by Gasteiger charge is -2.12. The first kappa shape index (κ1) is 12.0. The molecular weight excluding hydrogens is 230 g/mol. The van der Waals surface area contributed by atoms with Crippen LogP contribution in [0.1, 0.15) is 22.4 Å². The average Bonchev–Trinajstić information content (AvgIpc) is 2.71. The van der Waals surface area contributed by atoms with Gasteiger partial charge < -0.3 is 4.57 Å². The number of benzene rings is 2. The molecule has 0 spiro atoms. The van der Waals surface area contributed by atoms with Gasteiger partial charge in [0, 0.05) is 17.8 Å². The van der Waals surface area contributed by atoms with E-state index in [9.17, 15) is 0 Å². The van der Waals surface area contributed by atoms with Crippen LogP contribution in [0.4, 0.5) is 0 Å². The van der Waals surface area contributed by atoms with Gasteiger partial charge in [-0.2, -0.15) is 0 Å². The van der Waals surface area contributed by atoms with Crippen molar-refractivity contribution in [3.63, 3.8) is 0 Å². The number of fused-ring (bicyclic) bond motifs is 1. The summed E-state index contributed by atoms with van der Waals surface area (Å²) in [7, 11) is 0. The highest BCUT2D eigenvalue weighted by atomic mass is 15.0. The molecule has 0 aliphatic carbocycles. The molecule has 0 saturated heterocycles. The third-order valence-corrected chi connectivity index (χ3v) is 3.85. The highest BCUT2D eigenvalue weighted by molar-refractivity contribution is 5.81. The van der Waals surface area contributed by atoms with Crippen molar-refractivity contribution in [3.8, 4) is 0 Å². The first-order valence-electron chi connectivity index (χ1n) is 6.76. The van der Waals surface area contributed by atoms with Crippen molar-refractivity contribution >= 4 is 10.9 Å². The van der Waals surface area contributed by atoms with E-state index in [2.05, 4.69) is 73.9 Å². The molecular formula is C18H19N. The van der Waals surface area contributed by atoms with E-state index >= 15 is 0 Å². The number of aromatic nitrogens is 1. The Bertz CT molecular complexity index is 735. The Labute approximate surface area is 114 Å². The molecule has 0 bridgehead atoms. The van der Waals surface area contributed by atoms with Gasteiger partial charge in [0.15, 0.2) is 0 Å². The molecule has 0 aliphatic heterocycles. The van der Waals surface area contributed by atoms with E-state index < -0.39 is 0 Å². The smallest absolute Gasteiger partial charge is 0.0485 e. The Morgan fingerprint density at radius 2 is 1.68 bits per heavy atom. The minimum atomic E-state index is 0.951. The summed E-state index contributed by atoms with van der Waals surface area (Å²) in [6.45, 7) is 7.48. The molecule has 0 unspecified atom stereocenters. The predicted octanol–water partition coefficient (Wildman–Crippen LogP) is 4.61. The van der Waals surface area contributed by atoms with Crippen LogP contribution in [0.25, 0.3) is 10.9 Å². The number of rotatable bonds is 2. The van der Waals surface area contributed by atoms with Gasteiger partial charge in [-0.1, -0.05) is 42.0 Å². The lowest BCUT2D eigenvalue weighted by Crippen LogP contribution is -2.03. The highest BCUT2D eigenvalue weighted by Gasteiger charge is 2.07. The third-order valence-electron chi connectivity index (χ3n) is 3.85. The molecule has 96 valence electrons. The molecule has 3 rings (SSSR count). The predicted molar refractivity (Wildman–Crippen MR) is 81.7 cm³/mol. The monoisotopic (exact) mass is 249 g/mol. The van der Waals surface area contributed by atoms with E-state index in [4.69, 9.17) is 0 Å². The van der Waals surface area contributed by atoms with Crippen LogP contribution in [0.3, 0.4) is 0 Å². The fraction of sp³-hybridized carbons (Fsp3) is 0.222. The highest BCUT2D eigenvalue weighted by Crippen LogP contribution is 2.22. The summed E-state index contributed by atoms with van der Waals surface area (Å²) in [5.41, 5.74) is 6.74. The number of hydrogen-bond acceptors (Lipinski definition) is 0. The topological polar surface area (TPSA) is 4.93 Å². The molecule has 1 aromatic heterocycles. The van der Waals surface area contributed by atoms with Crippen molar-refractivity contribution in [2.45, 2.75) is 27.3 Å². The Morgan fingerprint density at radius 1 is 0.895 bits per heavy atom. The van der Waals surface area contributed by atoms with Gasteiger partial charge in [-0.3, -0.25) is 0 Å². The van der Waals surface area contributed by atoms with Gasteiger partial charge in [0.25, 0.3) is 0 Å². The Balaban J connectivity index is 2.10. The standard InChI is InChI=1S/C18H19N/c1-13-8-9-14(2)17(10-13)12-19-15(3)11-16-6-4-5-7-18(16)19/h4-11H,12H2,1-3H3. The number of aryl methyl sites for hydroxylation is 3. The molecule has 0 radical (unpaired) electrons. The van der Waals surface area contributed by atoms with Crippen molar-refractivity contribution in [1.82, 2.24) is 4.57 Å². The second-order valence-electron chi connectivity index (χ2n) is 5.36. The maximum Gasteiger partial charge on any atom is 0.0485 e. The van der Waals surface area contributed by atoms with Crippen molar-refractivity contribution in [3.05, 3.63) is 70.9 Å². The summed E-state index contributed by atoms with van der Waals surface area (Å²) in [5, 5.41) is 1.32. The lowest BCUT2D eigenvalue weighted by molar-refractivity contribution is 0.799. The van der Waals surface area contributed by atoms with Crippen LogP contribution in [0.5, 0.6) is 0 Å². The van der Waals surface area contributed by atoms with Gasteiger partial charge in [-0.05, 0) is 49.4 Å². The van der Waals surface area contributed by atoms with Crippen LogP contribution in [0.2, 0.25) is 0 Å². The molecule has 0 saturated carbocycles. The number of nitrogens with zero attached hydrogens (tertiary/aromatic N) is 1. The largest absolute Gasteiger partial charge is 0.340 e. The zero-order chi connectivity index (χ0) is 13.4. The van der Waals surface area contributed by atoms with E-state index in [-0.39, 0.29) is 0 Å². The summed E-state index contributed by atoms with van der Waals surface area (Å²) >= 11 is 0. The van der Waals surface area contributed by atoms with Crippen molar-refractivity contribution < 1.29 is 0 Å². The normalized spacial score (nSPS) is 11.1. The van der Waals surface area contributed by atoms with Crippen molar-refractivity contribution in [1.29, 1.82) is 0 Å². The minimum absolute atomic E-state index is 0.951. The summed E-state index contributed by atoms with van der Waals surface area (Å²) in [6.07, 6.45) is 0. The van der Waals surface area contributed by atoms with E-state index in [1.54, 1.807) is 0 Å². The molecule has 1 nitrogen and oxygen atoms in total. The number of para-hydroxylation sites is 1. The fourth-order valence-electron chi connectivity index (χ4n) is 2.70. The van der Waals surface area contributed by atoms with Gasteiger partial charge in [-0.25, -0.2) is 0 Å². The fourth-order valence-corrected chi connectivity index (χ4v) is 2.70. The molecule has 0 N–H and O–H groups in total. The van der Waals surface area contributed by atoms with E-state index in [0.29, 0.717) is 0 Å². The Morgan fingerprint density at radius 3 is 2.53 bits per heavy atom. The molecule has 0 atom stereocenters. The molecule has 0 amide bonds. The molecule has 3 aromatic rings. The first-order valence-corrected chi connectivity index (χ1v) is 6.76. The molecule has 19 heavy (non-hydrogen) atoms. The SMILES string of the molecule is Cc1ccc(C)c(Cn2c(C)cc3ccccc32)c1. The quantitative estimate of drug-likeness (QED) is 0.625. The van der Waals surface area contributed by atoms with E-state index in [1.807, 2.05) is 0 Å². The molecule has 2 aromatic carbocycles. The molecule has 1 heteroatoms. The van der Waals surface area contributed by atoms with Crippen LogP contribution in [0, 0.1) is 20.8 Å². The summed E-state index contributed by atoms with van der Waals surface area (Å²) < 4.78 is 2.40. The van der Waals surface area contributed by atoms with E-state index in [1.165, 1.54) is 33.3 Å². The zero-order valence-corrected chi connectivity index (χ0v) is 11.8. The van der Waals surface area contributed by atoms with Crippen LogP contribution in [-0.2, 0) is 6.54 Å². The van der Waals surface area contributed by atoms with Crippen LogP contribution >= 0.6 is 0 Å². The van der Waals surface area contributed by atoms with Gasteiger partial charge >= 0.3 is 0 Å². The minimum Gasteiger partial charge on any atom is -0.340 e. The van der Waals surface area contributed by atoms with Crippen molar-refractivity contribution in [2.24, 2.45) is 0 Å². The maximum absolute atomic E-state index is 2.40. The maximum atomic E-state index is 2.40.